The number of halogens is 1. The van der Waals surface area contributed by atoms with Crippen molar-refractivity contribution in [3.8, 4) is 0 Å². The minimum atomic E-state index is -3.63. The van der Waals surface area contributed by atoms with Gasteiger partial charge in [0.25, 0.3) is 0 Å². The van der Waals surface area contributed by atoms with Crippen LogP contribution in [-0.4, -0.2) is 31.9 Å². The van der Waals surface area contributed by atoms with Gasteiger partial charge in [-0.1, -0.05) is 6.07 Å². The predicted octanol–water partition coefficient (Wildman–Crippen LogP) is 1.72. The topological polar surface area (TPSA) is 63.2 Å². The molecule has 0 fully saturated rings. The number of hydrogen-bond donors (Lipinski definition) is 0. The van der Waals surface area contributed by atoms with E-state index in [1.165, 1.54) is 18.2 Å². The van der Waals surface area contributed by atoms with E-state index in [1.54, 1.807) is 19.0 Å². The van der Waals surface area contributed by atoms with Crippen molar-refractivity contribution in [1.82, 2.24) is 9.36 Å². The zero-order chi connectivity index (χ0) is 14.0. The van der Waals surface area contributed by atoms with Crippen molar-refractivity contribution in [2.75, 3.05) is 19.0 Å². The maximum absolute atomic E-state index is 13.0. The molecule has 102 valence electrons. The van der Waals surface area contributed by atoms with Crippen LogP contribution in [0, 0.1) is 5.82 Å². The molecule has 19 heavy (non-hydrogen) atoms. The molecule has 5 nitrogen and oxygen atoms in total. The minimum Gasteiger partial charge on any atom is -0.353 e. The van der Waals surface area contributed by atoms with E-state index in [2.05, 4.69) is 9.36 Å². The smallest absolute Gasteiger partial charge is 0.204 e. The quantitative estimate of drug-likeness (QED) is 0.860. The maximum Gasteiger partial charge on any atom is 0.204 e. The Hall–Kier alpha value is -1.54. The fourth-order valence-corrected chi connectivity index (χ4v) is 3.30. The van der Waals surface area contributed by atoms with Crippen LogP contribution < -0.4 is 4.90 Å². The van der Waals surface area contributed by atoms with E-state index in [4.69, 9.17) is 0 Å². The Bertz CT molecular complexity index is 683. The number of aromatic nitrogens is 2. The standard InChI is InChI=1S/C11H12FN3O2S2/c1-15(2)11-13-10(14-18-11)7-19(16,17)9-5-3-4-8(12)6-9/h3-6H,7H2,1-2H3. The van der Waals surface area contributed by atoms with Crippen molar-refractivity contribution in [1.29, 1.82) is 0 Å². The van der Waals surface area contributed by atoms with Crippen molar-refractivity contribution < 1.29 is 12.8 Å². The minimum absolute atomic E-state index is 0.0614. The van der Waals surface area contributed by atoms with Crippen molar-refractivity contribution in [2.45, 2.75) is 10.6 Å². The van der Waals surface area contributed by atoms with E-state index in [0.29, 0.717) is 5.13 Å². The molecule has 2 rings (SSSR count). The molecule has 0 N–H and O–H groups in total. The van der Waals surface area contributed by atoms with Gasteiger partial charge in [-0.15, -0.1) is 0 Å². The average molecular weight is 301 g/mol. The van der Waals surface area contributed by atoms with Gasteiger partial charge in [-0.3, -0.25) is 0 Å². The summed E-state index contributed by atoms with van der Waals surface area (Å²) in [7, 11) is -0.0311. The summed E-state index contributed by atoms with van der Waals surface area (Å²) in [6.07, 6.45) is 0. The second-order valence-electron chi connectivity index (χ2n) is 4.10. The van der Waals surface area contributed by atoms with Gasteiger partial charge in [0.1, 0.15) is 11.6 Å². The van der Waals surface area contributed by atoms with E-state index in [0.717, 1.165) is 17.6 Å². The number of benzene rings is 1. The van der Waals surface area contributed by atoms with Crippen molar-refractivity contribution >= 4 is 26.5 Å². The molecule has 0 atom stereocenters. The molecule has 8 heteroatoms. The van der Waals surface area contributed by atoms with Gasteiger partial charge < -0.3 is 4.90 Å². The molecule has 0 aliphatic heterocycles. The van der Waals surface area contributed by atoms with Gasteiger partial charge in [-0.2, -0.15) is 4.37 Å². The molecule has 0 aliphatic rings. The van der Waals surface area contributed by atoms with Crippen LogP contribution in [0.25, 0.3) is 0 Å². The van der Waals surface area contributed by atoms with Crippen LogP contribution in [0.15, 0.2) is 29.2 Å². The molecule has 0 aliphatic carbocycles. The highest BCUT2D eigenvalue weighted by Gasteiger charge is 2.19. The van der Waals surface area contributed by atoms with E-state index in [1.807, 2.05) is 0 Å². The number of rotatable bonds is 4. The van der Waals surface area contributed by atoms with E-state index < -0.39 is 15.7 Å². The van der Waals surface area contributed by atoms with E-state index in [9.17, 15) is 12.8 Å². The first-order valence-corrected chi connectivity index (χ1v) is 7.79. The largest absolute Gasteiger partial charge is 0.353 e. The monoisotopic (exact) mass is 301 g/mol. The molecule has 1 heterocycles. The molecular formula is C11H12FN3O2S2. The number of hydrogen-bond acceptors (Lipinski definition) is 6. The fourth-order valence-electron chi connectivity index (χ4n) is 1.40. The molecule has 0 radical (unpaired) electrons. The average Bonchev–Trinajstić information content (AvgIpc) is 2.77. The molecular weight excluding hydrogens is 289 g/mol. The molecule has 2 aromatic rings. The Balaban J connectivity index is 2.26. The maximum atomic E-state index is 13.0. The predicted molar refractivity (Wildman–Crippen MR) is 71.5 cm³/mol. The Morgan fingerprint density at radius 2 is 2.11 bits per heavy atom. The number of nitrogens with zero attached hydrogens (tertiary/aromatic N) is 3. The summed E-state index contributed by atoms with van der Waals surface area (Å²) < 4.78 is 41.2. The van der Waals surface area contributed by atoms with Crippen LogP contribution in [0.5, 0.6) is 0 Å². The first-order valence-electron chi connectivity index (χ1n) is 5.37. The van der Waals surface area contributed by atoms with Crippen LogP contribution >= 0.6 is 11.5 Å². The third kappa shape index (κ3) is 3.27. The van der Waals surface area contributed by atoms with Crippen LogP contribution in [0.2, 0.25) is 0 Å². The lowest BCUT2D eigenvalue weighted by Crippen LogP contribution is -2.09. The summed E-state index contributed by atoms with van der Waals surface area (Å²) in [6, 6.07) is 4.92. The molecule has 0 spiro atoms. The van der Waals surface area contributed by atoms with Gasteiger partial charge >= 0.3 is 0 Å². The Morgan fingerprint density at radius 1 is 1.37 bits per heavy atom. The van der Waals surface area contributed by atoms with Gasteiger partial charge in [0.05, 0.1) is 4.90 Å². The van der Waals surface area contributed by atoms with Crippen LogP contribution in [-0.2, 0) is 15.6 Å². The zero-order valence-corrected chi connectivity index (χ0v) is 12.0. The second-order valence-corrected chi connectivity index (χ2v) is 6.82. The highest BCUT2D eigenvalue weighted by Crippen LogP contribution is 2.19. The molecule has 1 aromatic heterocycles. The molecule has 0 saturated carbocycles. The van der Waals surface area contributed by atoms with Gasteiger partial charge in [-0.05, 0) is 18.2 Å². The Kier molecular flexibility index (Phi) is 3.81. The second kappa shape index (κ2) is 5.22. The first-order chi connectivity index (χ1) is 8.88. The molecule has 0 bridgehead atoms. The molecule has 0 unspecified atom stereocenters. The highest BCUT2D eigenvalue weighted by atomic mass is 32.2. The summed E-state index contributed by atoms with van der Waals surface area (Å²) in [6.45, 7) is 0. The first kappa shape index (κ1) is 13.9. The SMILES string of the molecule is CN(C)c1nc(CS(=O)(=O)c2cccc(F)c2)ns1. The molecule has 0 saturated heterocycles. The van der Waals surface area contributed by atoms with E-state index >= 15 is 0 Å². The Labute approximate surface area is 114 Å². The molecule has 0 amide bonds. The summed E-state index contributed by atoms with van der Waals surface area (Å²) in [4.78, 5) is 5.79. The summed E-state index contributed by atoms with van der Waals surface area (Å²) in [5, 5.41) is 0.629. The number of sulfone groups is 1. The van der Waals surface area contributed by atoms with Crippen molar-refractivity contribution in [3.63, 3.8) is 0 Å². The number of anilines is 1. The summed E-state index contributed by atoms with van der Waals surface area (Å²) >= 11 is 1.12. The van der Waals surface area contributed by atoms with Crippen LogP contribution in [0.1, 0.15) is 5.82 Å². The Morgan fingerprint density at radius 3 is 2.68 bits per heavy atom. The lowest BCUT2D eigenvalue weighted by atomic mass is 10.4. The normalized spacial score (nSPS) is 11.5. The van der Waals surface area contributed by atoms with Crippen molar-refractivity contribution in [2.24, 2.45) is 0 Å². The third-order valence-corrected chi connectivity index (χ3v) is 4.85. The van der Waals surface area contributed by atoms with Gasteiger partial charge in [0.15, 0.2) is 15.7 Å². The van der Waals surface area contributed by atoms with Crippen molar-refractivity contribution in [3.05, 3.63) is 35.9 Å². The lowest BCUT2D eigenvalue weighted by Gasteiger charge is -2.04. The molecule has 1 aromatic carbocycles. The van der Waals surface area contributed by atoms with Gasteiger partial charge in [0, 0.05) is 25.6 Å². The van der Waals surface area contributed by atoms with E-state index in [-0.39, 0.29) is 16.5 Å². The lowest BCUT2D eigenvalue weighted by molar-refractivity contribution is 0.589. The van der Waals surface area contributed by atoms with Gasteiger partial charge in [0.2, 0.25) is 5.13 Å². The van der Waals surface area contributed by atoms with Crippen LogP contribution in [0.4, 0.5) is 9.52 Å². The zero-order valence-electron chi connectivity index (χ0n) is 10.4. The highest BCUT2D eigenvalue weighted by molar-refractivity contribution is 7.90. The van der Waals surface area contributed by atoms with Gasteiger partial charge in [-0.25, -0.2) is 17.8 Å². The fraction of sp³-hybridized carbons (Fsp3) is 0.273. The third-order valence-electron chi connectivity index (χ3n) is 2.31. The summed E-state index contributed by atoms with van der Waals surface area (Å²) in [5.41, 5.74) is 0. The van der Waals surface area contributed by atoms with Crippen LogP contribution in [0.3, 0.4) is 0 Å². The summed E-state index contributed by atoms with van der Waals surface area (Å²) in [5.74, 6) is -0.694.